The summed E-state index contributed by atoms with van der Waals surface area (Å²) in [5, 5.41) is 2.00. The number of Topliss-reactive ketones (excluding diaryl/α,β-unsaturated/α-hetero) is 1. The molecule has 3 rings (SSSR count). The number of ketones is 1. The van der Waals surface area contributed by atoms with Crippen molar-refractivity contribution >= 4 is 16.6 Å². The van der Waals surface area contributed by atoms with Crippen LogP contribution >= 0.6 is 0 Å². The van der Waals surface area contributed by atoms with Gasteiger partial charge in [-0.25, -0.2) is 0 Å². The van der Waals surface area contributed by atoms with Crippen LogP contribution in [0.2, 0.25) is 0 Å². The lowest BCUT2D eigenvalue weighted by Crippen LogP contribution is -2.38. The van der Waals surface area contributed by atoms with Crippen LogP contribution in [0.4, 0.5) is 0 Å². The molecule has 0 fully saturated rings. The standard InChI is InChI=1S/C16H16O3/c1-3-18-16(19-4-2)13-10-6-8-11-7-5-9-12(14(11)13)15(16)17/h5-10H,3-4H2,1-2H3. The van der Waals surface area contributed by atoms with Crippen molar-refractivity contribution in [1.82, 2.24) is 0 Å². The van der Waals surface area contributed by atoms with E-state index in [-0.39, 0.29) is 5.78 Å². The Balaban J connectivity index is 2.32. The summed E-state index contributed by atoms with van der Waals surface area (Å²) in [6.07, 6.45) is 0. The first-order chi connectivity index (χ1) is 9.24. The highest BCUT2D eigenvalue weighted by Gasteiger charge is 2.49. The summed E-state index contributed by atoms with van der Waals surface area (Å²) in [6, 6.07) is 11.6. The third kappa shape index (κ3) is 1.55. The molecule has 0 amide bonds. The molecule has 0 atom stereocenters. The zero-order valence-corrected chi connectivity index (χ0v) is 11.1. The van der Waals surface area contributed by atoms with Crippen molar-refractivity contribution in [2.24, 2.45) is 0 Å². The molecule has 19 heavy (non-hydrogen) atoms. The number of hydrogen-bond acceptors (Lipinski definition) is 3. The molecule has 0 spiro atoms. The molecular formula is C16H16O3. The van der Waals surface area contributed by atoms with Crippen LogP contribution in [0.1, 0.15) is 29.8 Å². The normalized spacial score (nSPS) is 16.2. The van der Waals surface area contributed by atoms with Crippen LogP contribution in [0.5, 0.6) is 0 Å². The van der Waals surface area contributed by atoms with E-state index in [9.17, 15) is 4.79 Å². The van der Waals surface area contributed by atoms with Crippen molar-refractivity contribution in [3.05, 3.63) is 47.5 Å². The summed E-state index contributed by atoms with van der Waals surface area (Å²) in [5.41, 5.74) is 1.52. The molecule has 0 saturated heterocycles. The van der Waals surface area contributed by atoms with Gasteiger partial charge < -0.3 is 9.47 Å². The fourth-order valence-corrected chi connectivity index (χ4v) is 2.84. The largest absolute Gasteiger partial charge is 0.340 e. The van der Waals surface area contributed by atoms with Crippen LogP contribution in [0.15, 0.2) is 36.4 Å². The minimum atomic E-state index is -1.26. The van der Waals surface area contributed by atoms with Gasteiger partial charge in [-0.05, 0) is 19.2 Å². The second-order valence-corrected chi connectivity index (χ2v) is 4.52. The SMILES string of the molecule is CCOC1(OCC)C(=O)c2cccc3cccc1c23. The van der Waals surface area contributed by atoms with Crippen LogP contribution in [-0.4, -0.2) is 19.0 Å². The van der Waals surface area contributed by atoms with Gasteiger partial charge in [0.2, 0.25) is 5.78 Å². The molecule has 3 heteroatoms. The van der Waals surface area contributed by atoms with Gasteiger partial charge in [0.1, 0.15) is 0 Å². The molecule has 1 aliphatic carbocycles. The lowest BCUT2D eigenvalue weighted by atomic mass is 10.0. The molecule has 0 unspecified atom stereocenters. The number of benzene rings is 2. The first-order valence-electron chi connectivity index (χ1n) is 6.59. The molecule has 2 aromatic rings. The number of carbonyl (C=O) groups excluding carboxylic acids is 1. The molecule has 0 aliphatic heterocycles. The van der Waals surface area contributed by atoms with E-state index in [1.165, 1.54) is 0 Å². The van der Waals surface area contributed by atoms with Crippen molar-refractivity contribution < 1.29 is 14.3 Å². The third-order valence-electron chi connectivity index (χ3n) is 3.50. The Morgan fingerprint density at radius 3 is 2.26 bits per heavy atom. The lowest BCUT2D eigenvalue weighted by molar-refractivity contribution is -0.202. The molecular weight excluding hydrogens is 240 g/mol. The molecule has 98 valence electrons. The highest BCUT2D eigenvalue weighted by atomic mass is 16.7. The number of rotatable bonds is 4. The van der Waals surface area contributed by atoms with Gasteiger partial charge in [0.25, 0.3) is 5.79 Å². The second-order valence-electron chi connectivity index (χ2n) is 4.52. The molecule has 0 radical (unpaired) electrons. The molecule has 0 saturated carbocycles. The molecule has 3 nitrogen and oxygen atoms in total. The van der Waals surface area contributed by atoms with Gasteiger partial charge in [0.15, 0.2) is 0 Å². The Kier molecular flexibility index (Phi) is 2.88. The van der Waals surface area contributed by atoms with E-state index in [1.807, 2.05) is 50.2 Å². The Hall–Kier alpha value is -1.71. The quantitative estimate of drug-likeness (QED) is 0.788. The maximum atomic E-state index is 12.7. The van der Waals surface area contributed by atoms with Gasteiger partial charge in [-0.3, -0.25) is 4.79 Å². The molecule has 0 heterocycles. The predicted octanol–water partition coefficient (Wildman–Crippen LogP) is 3.26. The highest BCUT2D eigenvalue weighted by molar-refractivity contribution is 6.18. The topological polar surface area (TPSA) is 35.5 Å². The average Bonchev–Trinajstić information content (AvgIpc) is 2.66. The minimum Gasteiger partial charge on any atom is -0.340 e. The summed E-state index contributed by atoms with van der Waals surface area (Å²) >= 11 is 0. The van der Waals surface area contributed by atoms with Crippen molar-refractivity contribution in [1.29, 1.82) is 0 Å². The predicted molar refractivity (Wildman–Crippen MR) is 73.2 cm³/mol. The van der Waals surface area contributed by atoms with Crippen LogP contribution in [0.3, 0.4) is 0 Å². The van der Waals surface area contributed by atoms with Crippen molar-refractivity contribution in [2.75, 3.05) is 13.2 Å². The van der Waals surface area contributed by atoms with Crippen LogP contribution in [0.25, 0.3) is 10.8 Å². The van der Waals surface area contributed by atoms with E-state index in [2.05, 4.69) is 0 Å². The van der Waals surface area contributed by atoms with E-state index < -0.39 is 5.79 Å². The Morgan fingerprint density at radius 2 is 1.63 bits per heavy atom. The summed E-state index contributed by atoms with van der Waals surface area (Å²) in [5.74, 6) is -1.35. The number of hydrogen-bond donors (Lipinski definition) is 0. The van der Waals surface area contributed by atoms with E-state index in [0.717, 1.165) is 16.3 Å². The van der Waals surface area contributed by atoms with Gasteiger partial charge in [0, 0.05) is 29.7 Å². The molecule has 0 aromatic heterocycles. The monoisotopic (exact) mass is 256 g/mol. The Labute approximate surface area is 112 Å². The number of carbonyl (C=O) groups is 1. The minimum absolute atomic E-state index is 0.0944. The average molecular weight is 256 g/mol. The maximum absolute atomic E-state index is 12.7. The molecule has 0 bridgehead atoms. The molecule has 1 aliphatic rings. The van der Waals surface area contributed by atoms with E-state index in [4.69, 9.17) is 9.47 Å². The zero-order chi connectivity index (χ0) is 13.5. The van der Waals surface area contributed by atoms with Gasteiger partial charge in [-0.1, -0.05) is 36.4 Å². The van der Waals surface area contributed by atoms with Crippen molar-refractivity contribution in [3.63, 3.8) is 0 Å². The van der Waals surface area contributed by atoms with Crippen LogP contribution in [0, 0.1) is 0 Å². The summed E-state index contributed by atoms with van der Waals surface area (Å²) < 4.78 is 11.5. The van der Waals surface area contributed by atoms with E-state index >= 15 is 0 Å². The molecule has 0 N–H and O–H groups in total. The fraction of sp³-hybridized carbons (Fsp3) is 0.312. The highest BCUT2D eigenvalue weighted by Crippen LogP contribution is 2.44. The van der Waals surface area contributed by atoms with Crippen molar-refractivity contribution in [2.45, 2.75) is 19.6 Å². The molecule has 2 aromatic carbocycles. The first kappa shape index (κ1) is 12.3. The maximum Gasteiger partial charge on any atom is 0.261 e. The third-order valence-corrected chi connectivity index (χ3v) is 3.50. The smallest absolute Gasteiger partial charge is 0.261 e. The second kappa shape index (κ2) is 4.44. The van der Waals surface area contributed by atoms with Gasteiger partial charge >= 0.3 is 0 Å². The van der Waals surface area contributed by atoms with Crippen molar-refractivity contribution in [3.8, 4) is 0 Å². The van der Waals surface area contributed by atoms with E-state index in [1.54, 1.807) is 0 Å². The number of ether oxygens (including phenoxy) is 2. The first-order valence-corrected chi connectivity index (χ1v) is 6.59. The summed E-state index contributed by atoms with van der Waals surface area (Å²) in [6.45, 7) is 4.60. The van der Waals surface area contributed by atoms with Gasteiger partial charge in [-0.2, -0.15) is 0 Å². The Morgan fingerprint density at radius 1 is 1.00 bits per heavy atom. The van der Waals surface area contributed by atoms with E-state index in [0.29, 0.717) is 18.8 Å². The fourth-order valence-electron chi connectivity index (χ4n) is 2.84. The lowest BCUT2D eigenvalue weighted by Gasteiger charge is -2.28. The van der Waals surface area contributed by atoms with Crippen LogP contribution in [-0.2, 0) is 15.3 Å². The zero-order valence-electron chi connectivity index (χ0n) is 11.1. The van der Waals surface area contributed by atoms with Gasteiger partial charge in [0.05, 0.1) is 0 Å². The van der Waals surface area contributed by atoms with Crippen LogP contribution < -0.4 is 0 Å². The van der Waals surface area contributed by atoms with Gasteiger partial charge in [-0.15, -0.1) is 0 Å². The summed E-state index contributed by atoms with van der Waals surface area (Å²) in [4.78, 5) is 12.7. The summed E-state index contributed by atoms with van der Waals surface area (Å²) in [7, 11) is 0. The Bertz CT molecular complexity index is 634.